The molecule has 0 atom stereocenters. The number of hydrogen-bond acceptors (Lipinski definition) is 6. The molecule has 0 spiro atoms. The van der Waals surface area contributed by atoms with Crippen LogP contribution in [0.4, 0.5) is 0 Å². The maximum absolute atomic E-state index is 11.3. The summed E-state index contributed by atoms with van der Waals surface area (Å²) in [6.45, 7) is 0. The van der Waals surface area contributed by atoms with Gasteiger partial charge in [-0.2, -0.15) is 4.98 Å². The second-order valence-electron chi connectivity index (χ2n) is 4.55. The van der Waals surface area contributed by atoms with E-state index in [-0.39, 0.29) is 11.4 Å². The molecule has 2 rings (SSSR count). The van der Waals surface area contributed by atoms with Gasteiger partial charge in [-0.15, -0.1) is 0 Å². The van der Waals surface area contributed by atoms with Crippen LogP contribution in [0.2, 0.25) is 0 Å². The maximum Gasteiger partial charge on any atom is 0.306 e. The van der Waals surface area contributed by atoms with E-state index in [0.717, 1.165) is 23.1 Å². The maximum atomic E-state index is 11.3. The second kappa shape index (κ2) is 6.09. The van der Waals surface area contributed by atoms with E-state index < -0.39 is 0 Å². The fourth-order valence-corrected chi connectivity index (χ4v) is 3.15. The van der Waals surface area contributed by atoms with Crippen LogP contribution in [0.25, 0.3) is 0 Å². The number of methoxy groups -OCH3 is 2. The highest BCUT2D eigenvalue weighted by Crippen LogP contribution is 2.51. The Labute approximate surface area is 124 Å². The highest BCUT2D eigenvalue weighted by atomic mass is 79.9. The number of esters is 1. The molecule has 1 heterocycles. The molecule has 0 bridgehead atoms. The fraction of sp³-hybridized carbons (Fsp3) is 0.583. The van der Waals surface area contributed by atoms with Gasteiger partial charge in [0, 0.05) is 11.9 Å². The van der Waals surface area contributed by atoms with Crippen molar-refractivity contribution in [2.45, 2.75) is 24.4 Å². The lowest BCUT2D eigenvalue weighted by molar-refractivity contribution is -0.141. The van der Waals surface area contributed by atoms with Crippen LogP contribution in [-0.2, 0) is 9.53 Å². The lowest BCUT2D eigenvalue weighted by Gasteiger charge is -2.12. The first-order valence-electron chi connectivity index (χ1n) is 5.85. The molecule has 1 fully saturated rings. The van der Waals surface area contributed by atoms with Gasteiger partial charge in [0.2, 0.25) is 5.88 Å². The van der Waals surface area contributed by atoms with Crippen LogP contribution in [-0.4, -0.2) is 35.9 Å². The Kier molecular flexibility index (Phi) is 4.67. The predicted molar refractivity (Wildman–Crippen MR) is 75.3 cm³/mol. The largest absolute Gasteiger partial charge is 0.480 e. The second-order valence-corrected chi connectivity index (χ2v) is 6.35. The van der Waals surface area contributed by atoms with Crippen molar-refractivity contribution < 1.29 is 14.3 Å². The van der Waals surface area contributed by atoms with Gasteiger partial charge in [0.15, 0.2) is 5.16 Å². The Morgan fingerprint density at radius 3 is 2.84 bits per heavy atom. The SMILES string of the molecule is COC(=O)CC1(CSc2ncc(Br)c(OC)n2)CC1. The number of thioether (sulfide) groups is 1. The van der Waals surface area contributed by atoms with Crippen LogP contribution in [0, 0.1) is 5.41 Å². The van der Waals surface area contributed by atoms with Crippen LogP contribution in [0.15, 0.2) is 15.8 Å². The van der Waals surface area contributed by atoms with Crippen molar-refractivity contribution in [1.82, 2.24) is 9.97 Å². The van der Waals surface area contributed by atoms with Crippen LogP contribution in [0.5, 0.6) is 5.88 Å². The van der Waals surface area contributed by atoms with Gasteiger partial charge in [-0.3, -0.25) is 4.79 Å². The van der Waals surface area contributed by atoms with E-state index in [1.54, 1.807) is 25.1 Å². The van der Waals surface area contributed by atoms with Crippen molar-refractivity contribution in [2.75, 3.05) is 20.0 Å². The first-order chi connectivity index (χ1) is 9.08. The van der Waals surface area contributed by atoms with E-state index in [0.29, 0.717) is 17.5 Å². The van der Waals surface area contributed by atoms with Gasteiger partial charge in [-0.25, -0.2) is 4.98 Å². The zero-order valence-corrected chi connectivity index (χ0v) is 13.2. The minimum absolute atomic E-state index is 0.0709. The van der Waals surface area contributed by atoms with Crippen molar-refractivity contribution in [2.24, 2.45) is 5.41 Å². The summed E-state index contributed by atoms with van der Waals surface area (Å²) in [5.74, 6) is 1.20. The molecule has 0 amide bonds. The molecule has 0 aliphatic heterocycles. The fourth-order valence-electron chi connectivity index (χ4n) is 1.69. The number of carbonyl (C=O) groups is 1. The smallest absolute Gasteiger partial charge is 0.306 e. The van der Waals surface area contributed by atoms with E-state index in [1.165, 1.54) is 7.11 Å². The number of rotatable bonds is 6. The third-order valence-electron chi connectivity index (χ3n) is 3.09. The van der Waals surface area contributed by atoms with E-state index in [4.69, 9.17) is 9.47 Å². The lowest BCUT2D eigenvalue weighted by atomic mass is 10.1. The molecular weight excluding hydrogens is 332 g/mol. The zero-order valence-electron chi connectivity index (χ0n) is 10.8. The molecule has 0 aromatic carbocycles. The molecule has 0 saturated heterocycles. The normalized spacial score (nSPS) is 15.9. The average molecular weight is 347 g/mol. The molecule has 1 aromatic heterocycles. The minimum atomic E-state index is -0.146. The van der Waals surface area contributed by atoms with Gasteiger partial charge >= 0.3 is 5.97 Å². The molecule has 1 aliphatic rings. The standard InChI is InChI=1S/C12H15BrN2O3S/c1-17-9(16)5-12(3-4-12)7-19-11-14-6-8(13)10(15-11)18-2/h6H,3-5,7H2,1-2H3. The number of nitrogens with zero attached hydrogens (tertiary/aromatic N) is 2. The Balaban J connectivity index is 1.94. The molecule has 104 valence electrons. The number of halogens is 1. The Morgan fingerprint density at radius 2 is 2.26 bits per heavy atom. The van der Waals surface area contributed by atoms with E-state index >= 15 is 0 Å². The van der Waals surface area contributed by atoms with E-state index in [9.17, 15) is 4.79 Å². The molecule has 19 heavy (non-hydrogen) atoms. The van der Waals surface area contributed by atoms with E-state index in [2.05, 4.69) is 25.9 Å². The van der Waals surface area contributed by atoms with Crippen LogP contribution in [0.3, 0.4) is 0 Å². The molecule has 1 aliphatic carbocycles. The molecule has 7 heteroatoms. The van der Waals surface area contributed by atoms with Gasteiger partial charge in [0.05, 0.1) is 25.1 Å². The molecule has 0 unspecified atom stereocenters. The molecule has 0 N–H and O–H groups in total. The molecular formula is C12H15BrN2O3S. The Bertz CT molecular complexity index is 480. The first-order valence-corrected chi connectivity index (χ1v) is 7.62. The lowest BCUT2D eigenvalue weighted by Crippen LogP contribution is -2.13. The molecule has 1 saturated carbocycles. The van der Waals surface area contributed by atoms with E-state index in [1.807, 2.05) is 0 Å². The summed E-state index contributed by atoms with van der Waals surface area (Å²) in [5, 5.41) is 0.663. The molecule has 1 aromatic rings. The summed E-state index contributed by atoms with van der Waals surface area (Å²) < 4.78 is 10.6. The number of ether oxygens (including phenoxy) is 2. The topological polar surface area (TPSA) is 61.3 Å². The highest BCUT2D eigenvalue weighted by molar-refractivity contribution is 9.10. The van der Waals surface area contributed by atoms with Crippen molar-refractivity contribution in [1.29, 1.82) is 0 Å². The number of hydrogen-bond donors (Lipinski definition) is 0. The van der Waals surface area contributed by atoms with Crippen molar-refractivity contribution in [3.63, 3.8) is 0 Å². The first kappa shape index (κ1) is 14.6. The Hall–Kier alpha value is -0.820. The van der Waals surface area contributed by atoms with Crippen LogP contribution in [0.1, 0.15) is 19.3 Å². The van der Waals surface area contributed by atoms with Gasteiger partial charge in [0.25, 0.3) is 0 Å². The Morgan fingerprint density at radius 1 is 1.53 bits per heavy atom. The van der Waals surface area contributed by atoms with Gasteiger partial charge in [-0.05, 0) is 34.2 Å². The zero-order chi connectivity index (χ0) is 13.9. The minimum Gasteiger partial charge on any atom is -0.480 e. The monoisotopic (exact) mass is 346 g/mol. The quantitative estimate of drug-likeness (QED) is 0.448. The third kappa shape index (κ3) is 3.82. The van der Waals surface area contributed by atoms with Crippen molar-refractivity contribution in [3.8, 4) is 5.88 Å². The van der Waals surface area contributed by atoms with Crippen LogP contribution >= 0.6 is 27.7 Å². The summed E-state index contributed by atoms with van der Waals surface area (Å²) in [7, 11) is 3.00. The summed E-state index contributed by atoms with van der Waals surface area (Å²) in [4.78, 5) is 19.8. The van der Waals surface area contributed by atoms with Crippen LogP contribution < -0.4 is 4.74 Å². The molecule has 5 nitrogen and oxygen atoms in total. The number of carbonyl (C=O) groups excluding carboxylic acids is 1. The van der Waals surface area contributed by atoms with Gasteiger partial charge in [-0.1, -0.05) is 11.8 Å². The van der Waals surface area contributed by atoms with Crippen molar-refractivity contribution >= 4 is 33.7 Å². The average Bonchev–Trinajstić information content (AvgIpc) is 3.17. The highest BCUT2D eigenvalue weighted by Gasteiger charge is 2.44. The summed E-state index contributed by atoms with van der Waals surface area (Å²) in [6, 6.07) is 0. The predicted octanol–water partition coefficient (Wildman–Crippen LogP) is 2.68. The van der Waals surface area contributed by atoms with Gasteiger partial charge in [0.1, 0.15) is 0 Å². The van der Waals surface area contributed by atoms with Crippen molar-refractivity contribution in [3.05, 3.63) is 10.7 Å². The van der Waals surface area contributed by atoms with Gasteiger partial charge < -0.3 is 9.47 Å². The summed E-state index contributed by atoms with van der Waals surface area (Å²) in [6.07, 6.45) is 4.27. The summed E-state index contributed by atoms with van der Waals surface area (Å²) in [5.41, 5.74) is 0.0709. The third-order valence-corrected chi connectivity index (χ3v) is 4.85. The molecule has 0 radical (unpaired) electrons. The number of aromatic nitrogens is 2. The summed E-state index contributed by atoms with van der Waals surface area (Å²) >= 11 is 4.86.